The standard InChI is InChI=1S/C20H17N3O3/c1-13(19(24)23-12-9-14-5-2-3-8-17(14)23)26-20(25)15-6-4-7-16-18(15)22-11-10-21-16/h2-8,10-11,13H,9,12H2,1H3. The van der Waals surface area contributed by atoms with Gasteiger partial charge >= 0.3 is 5.97 Å². The molecule has 6 heteroatoms. The normalized spacial score (nSPS) is 14.1. The van der Waals surface area contributed by atoms with Gasteiger partial charge in [0.25, 0.3) is 5.91 Å². The molecule has 26 heavy (non-hydrogen) atoms. The molecular weight excluding hydrogens is 330 g/mol. The molecule has 0 saturated carbocycles. The molecule has 1 aliphatic rings. The van der Waals surface area contributed by atoms with Crippen LogP contribution in [-0.2, 0) is 16.0 Å². The first-order valence-electron chi connectivity index (χ1n) is 8.45. The first-order chi connectivity index (χ1) is 12.6. The summed E-state index contributed by atoms with van der Waals surface area (Å²) in [6.45, 7) is 2.19. The Kier molecular flexibility index (Phi) is 4.08. The van der Waals surface area contributed by atoms with Crippen molar-refractivity contribution in [2.75, 3.05) is 11.4 Å². The Balaban J connectivity index is 1.54. The number of esters is 1. The fourth-order valence-electron chi connectivity index (χ4n) is 3.22. The third kappa shape index (κ3) is 2.79. The van der Waals surface area contributed by atoms with Gasteiger partial charge in [0.1, 0.15) is 5.52 Å². The zero-order valence-electron chi connectivity index (χ0n) is 14.3. The van der Waals surface area contributed by atoms with E-state index >= 15 is 0 Å². The lowest BCUT2D eigenvalue weighted by molar-refractivity contribution is -0.126. The highest BCUT2D eigenvalue weighted by molar-refractivity contribution is 6.04. The zero-order valence-corrected chi connectivity index (χ0v) is 14.3. The van der Waals surface area contributed by atoms with Gasteiger partial charge in [-0.3, -0.25) is 14.8 Å². The molecule has 1 aliphatic heterocycles. The lowest BCUT2D eigenvalue weighted by Gasteiger charge is -2.21. The summed E-state index contributed by atoms with van der Waals surface area (Å²) >= 11 is 0. The molecule has 0 aliphatic carbocycles. The van der Waals surface area contributed by atoms with Crippen molar-refractivity contribution in [1.29, 1.82) is 0 Å². The van der Waals surface area contributed by atoms with Crippen LogP contribution in [0.15, 0.2) is 54.9 Å². The Bertz CT molecular complexity index is 997. The average Bonchev–Trinajstić information content (AvgIpc) is 3.11. The van der Waals surface area contributed by atoms with Crippen molar-refractivity contribution in [3.05, 3.63) is 66.0 Å². The van der Waals surface area contributed by atoms with Crippen molar-refractivity contribution in [2.45, 2.75) is 19.4 Å². The maximum Gasteiger partial charge on any atom is 0.341 e. The van der Waals surface area contributed by atoms with Crippen molar-refractivity contribution in [3.8, 4) is 0 Å². The predicted molar refractivity (Wildman–Crippen MR) is 96.9 cm³/mol. The second kappa shape index (κ2) is 6.55. The van der Waals surface area contributed by atoms with E-state index in [0.29, 0.717) is 23.1 Å². The second-order valence-electron chi connectivity index (χ2n) is 6.15. The van der Waals surface area contributed by atoms with Gasteiger partial charge in [-0.2, -0.15) is 0 Å². The number of benzene rings is 2. The van der Waals surface area contributed by atoms with Crippen molar-refractivity contribution in [2.24, 2.45) is 0 Å². The van der Waals surface area contributed by atoms with Crippen LogP contribution in [0, 0.1) is 0 Å². The maximum atomic E-state index is 12.8. The predicted octanol–water partition coefficient (Wildman–Crippen LogP) is 2.76. The first-order valence-corrected chi connectivity index (χ1v) is 8.45. The van der Waals surface area contributed by atoms with E-state index in [1.807, 2.05) is 24.3 Å². The van der Waals surface area contributed by atoms with E-state index in [2.05, 4.69) is 9.97 Å². The van der Waals surface area contributed by atoms with E-state index in [1.165, 1.54) is 6.20 Å². The topological polar surface area (TPSA) is 72.4 Å². The van der Waals surface area contributed by atoms with E-state index < -0.39 is 12.1 Å². The van der Waals surface area contributed by atoms with Crippen LogP contribution >= 0.6 is 0 Å². The number of carbonyl (C=O) groups excluding carboxylic acids is 2. The number of anilines is 1. The molecule has 1 atom stereocenters. The second-order valence-corrected chi connectivity index (χ2v) is 6.15. The molecule has 4 rings (SSSR count). The molecule has 2 aromatic carbocycles. The van der Waals surface area contributed by atoms with Crippen LogP contribution in [0.5, 0.6) is 0 Å². The maximum absolute atomic E-state index is 12.8. The van der Waals surface area contributed by atoms with Gasteiger partial charge in [0.05, 0.1) is 11.1 Å². The minimum atomic E-state index is -0.888. The number of nitrogens with zero attached hydrogens (tertiary/aromatic N) is 3. The number of amides is 1. The van der Waals surface area contributed by atoms with Gasteiger partial charge in [-0.05, 0) is 37.1 Å². The van der Waals surface area contributed by atoms with Crippen LogP contribution in [0.1, 0.15) is 22.8 Å². The quantitative estimate of drug-likeness (QED) is 0.681. The van der Waals surface area contributed by atoms with E-state index in [-0.39, 0.29) is 5.91 Å². The van der Waals surface area contributed by atoms with E-state index in [9.17, 15) is 9.59 Å². The fraction of sp³-hybridized carbons (Fsp3) is 0.200. The highest BCUT2D eigenvalue weighted by Gasteiger charge is 2.30. The molecule has 0 N–H and O–H groups in total. The SMILES string of the molecule is CC(OC(=O)c1cccc2nccnc12)C(=O)N1CCc2ccccc21. The Morgan fingerprint density at radius 3 is 2.77 bits per heavy atom. The molecule has 3 aromatic rings. The van der Waals surface area contributed by atoms with Gasteiger partial charge in [0, 0.05) is 24.6 Å². The molecule has 0 saturated heterocycles. The van der Waals surface area contributed by atoms with Crippen LogP contribution < -0.4 is 4.90 Å². The lowest BCUT2D eigenvalue weighted by atomic mass is 10.1. The van der Waals surface area contributed by atoms with E-state index in [1.54, 1.807) is 36.2 Å². The zero-order chi connectivity index (χ0) is 18.1. The van der Waals surface area contributed by atoms with Crippen molar-refractivity contribution >= 4 is 28.6 Å². The molecule has 0 radical (unpaired) electrons. The van der Waals surface area contributed by atoms with E-state index in [4.69, 9.17) is 4.74 Å². The summed E-state index contributed by atoms with van der Waals surface area (Å²) in [5.41, 5.74) is 3.39. The number of fused-ring (bicyclic) bond motifs is 2. The third-order valence-electron chi connectivity index (χ3n) is 4.50. The van der Waals surface area contributed by atoms with Crippen LogP contribution in [-0.4, -0.2) is 34.5 Å². The molecule has 0 fully saturated rings. The molecule has 1 amide bonds. The molecule has 1 unspecified atom stereocenters. The van der Waals surface area contributed by atoms with Crippen molar-refractivity contribution in [1.82, 2.24) is 9.97 Å². The number of carbonyl (C=O) groups is 2. The van der Waals surface area contributed by atoms with Crippen LogP contribution in [0.25, 0.3) is 11.0 Å². The summed E-state index contributed by atoms with van der Waals surface area (Å²) < 4.78 is 5.44. The largest absolute Gasteiger partial charge is 0.449 e. The van der Waals surface area contributed by atoms with Crippen LogP contribution in [0.2, 0.25) is 0 Å². The van der Waals surface area contributed by atoms with Crippen LogP contribution in [0.4, 0.5) is 5.69 Å². The van der Waals surface area contributed by atoms with Crippen molar-refractivity contribution in [3.63, 3.8) is 0 Å². The number of ether oxygens (including phenoxy) is 1. The highest BCUT2D eigenvalue weighted by atomic mass is 16.5. The summed E-state index contributed by atoms with van der Waals surface area (Å²) in [5.74, 6) is -0.806. The summed E-state index contributed by atoms with van der Waals surface area (Å²) in [7, 11) is 0. The fourth-order valence-corrected chi connectivity index (χ4v) is 3.22. The van der Waals surface area contributed by atoms with Crippen molar-refractivity contribution < 1.29 is 14.3 Å². The molecule has 2 heterocycles. The number of para-hydroxylation sites is 2. The molecule has 130 valence electrons. The summed E-state index contributed by atoms with van der Waals surface area (Å²) in [6.07, 6.45) is 3.01. The Labute approximate surface area is 150 Å². The van der Waals surface area contributed by atoms with Gasteiger partial charge in [0.2, 0.25) is 0 Å². The van der Waals surface area contributed by atoms with E-state index in [0.717, 1.165) is 17.7 Å². The number of hydrogen-bond acceptors (Lipinski definition) is 5. The monoisotopic (exact) mass is 347 g/mol. The van der Waals surface area contributed by atoms with Gasteiger partial charge in [0.15, 0.2) is 6.10 Å². The lowest BCUT2D eigenvalue weighted by Crippen LogP contribution is -2.39. The third-order valence-corrected chi connectivity index (χ3v) is 4.50. The number of hydrogen-bond donors (Lipinski definition) is 0. The Hall–Kier alpha value is -3.28. The molecule has 0 spiro atoms. The Morgan fingerprint density at radius 2 is 1.88 bits per heavy atom. The summed E-state index contributed by atoms with van der Waals surface area (Å²) in [6, 6.07) is 12.9. The Morgan fingerprint density at radius 1 is 1.08 bits per heavy atom. The number of aromatic nitrogens is 2. The average molecular weight is 347 g/mol. The minimum Gasteiger partial charge on any atom is -0.449 e. The first kappa shape index (κ1) is 16.2. The summed E-state index contributed by atoms with van der Waals surface area (Å²) in [5, 5.41) is 0. The summed E-state index contributed by atoms with van der Waals surface area (Å²) in [4.78, 5) is 35.4. The molecule has 1 aromatic heterocycles. The van der Waals surface area contributed by atoms with Gasteiger partial charge in [-0.1, -0.05) is 24.3 Å². The van der Waals surface area contributed by atoms with Gasteiger partial charge in [-0.25, -0.2) is 4.79 Å². The number of rotatable bonds is 3. The van der Waals surface area contributed by atoms with Gasteiger partial charge < -0.3 is 9.64 Å². The highest BCUT2D eigenvalue weighted by Crippen LogP contribution is 2.28. The van der Waals surface area contributed by atoms with Gasteiger partial charge in [-0.15, -0.1) is 0 Å². The minimum absolute atomic E-state index is 0.227. The smallest absolute Gasteiger partial charge is 0.341 e. The molecular formula is C20H17N3O3. The van der Waals surface area contributed by atoms with Crippen LogP contribution in [0.3, 0.4) is 0 Å². The molecule has 6 nitrogen and oxygen atoms in total. The molecule has 0 bridgehead atoms.